The summed E-state index contributed by atoms with van der Waals surface area (Å²) in [7, 11) is 1.56. The highest BCUT2D eigenvalue weighted by Crippen LogP contribution is 2.32. The van der Waals surface area contributed by atoms with Crippen LogP contribution < -0.4 is 14.2 Å². The molecule has 0 aliphatic rings. The number of carboxylic acids is 1. The van der Waals surface area contributed by atoms with Crippen LogP contribution in [0.1, 0.15) is 12.0 Å². The molecule has 3 aromatic rings. The summed E-state index contributed by atoms with van der Waals surface area (Å²) in [6, 6.07) is 23.5. The first kappa shape index (κ1) is 20.3. The molecule has 0 heterocycles. The molecule has 5 nitrogen and oxygen atoms in total. The Bertz CT molecular complexity index is 920. The first-order valence-electron chi connectivity index (χ1n) is 9.46. The summed E-state index contributed by atoms with van der Waals surface area (Å²) in [6.45, 7) is 0.683. The highest BCUT2D eigenvalue weighted by Gasteiger charge is 2.12. The van der Waals surface area contributed by atoms with Crippen molar-refractivity contribution in [1.29, 1.82) is 0 Å². The van der Waals surface area contributed by atoms with E-state index in [2.05, 4.69) is 12.1 Å². The van der Waals surface area contributed by atoms with Gasteiger partial charge < -0.3 is 19.3 Å². The minimum Gasteiger partial charge on any atom is -0.493 e. The van der Waals surface area contributed by atoms with Crippen molar-refractivity contribution in [2.45, 2.75) is 12.8 Å². The molecular formula is C24H24O5. The Hall–Kier alpha value is -3.47. The topological polar surface area (TPSA) is 65.0 Å². The Kier molecular flexibility index (Phi) is 7.11. The Morgan fingerprint density at radius 3 is 2.21 bits per heavy atom. The van der Waals surface area contributed by atoms with Crippen LogP contribution >= 0.6 is 0 Å². The molecule has 0 saturated heterocycles. The zero-order valence-electron chi connectivity index (χ0n) is 16.3. The number of aryl methyl sites for hydroxylation is 1. The van der Waals surface area contributed by atoms with Crippen LogP contribution in [0.15, 0.2) is 72.8 Å². The molecule has 0 atom stereocenters. The lowest BCUT2D eigenvalue weighted by Gasteiger charge is -2.15. The largest absolute Gasteiger partial charge is 0.493 e. The number of aliphatic carboxylic acids is 1. The monoisotopic (exact) mass is 392 g/mol. The van der Waals surface area contributed by atoms with Gasteiger partial charge in [-0.15, -0.1) is 0 Å². The number of carbonyl (C=O) groups is 1. The van der Waals surface area contributed by atoms with Crippen molar-refractivity contribution < 1.29 is 24.1 Å². The molecule has 0 aliphatic heterocycles. The molecule has 0 aromatic heterocycles. The summed E-state index contributed by atoms with van der Waals surface area (Å²) in [5, 5.41) is 8.93. The van der Waals surface area contributed by atoms with Gasteiger partial charge in [-0.3, -0.25) is 4.79 Å². The zero-order chi connectivity index (χ0) is 20.5. The average molecular weight is 392 g/mol. The summed E-state index contributed by atoms with van der Waals surface area (Å²) >= 11 is 0. The predicted octanol–water partition coefficient (Wildman–Crippen LogP) is 4.84. The van der Waals surface area contributed by atoms with Crippen molar-refractivity contribution in [2.75, 3.05) is 20.3 Å². The van der Waals surface area contributed by atoms with Crippen LogP contribution in [0, 0.1) is 0 Å². The summed E-state index contributed by atoms with van der Waals surface area (Å²) in [6.07, 6.45) is 0.414. The van der Waals surface area contributed by atoms with Crippen LogP contribution in [0.2, 0.25) is 0 Å². The molecule has 29 heavy (non-hydrogen) atoms. The van der Waals surface area contributed by atoms with Gasteiger partial charge in [0.05, 0.1) is 7.11 Å². The molecule has 0 aliphatic carbocycles. The number of ether oxygens (including phenoxy) is 3. The third-order valence-corrected chi connectivity index (χ3v) is 4.45. The van der Waals surface area contributed by atoms with Crippen LogP contribution in [0.25, 0.3) is 11.1 Å². The normalized spacial score (nSPS) is 10.4. The maximum absolute atomic E-state index is 10.9. The van der Waals surface area contributed by atoms with Crippen LogP contribution in [0.5, 0.6) is 17.2 Å². The molecule has 1 N–H and O–H groups in total. The standard InChI is InChI=1S/C24H24O5/c1-27-22-9-5-8-20(12-15-23(25)26)24(22)29-17-16-28-21-13-10-19(11-14-21)18-6-3-2-4-7-18/h2-11,13-14H,12,15-17H2,1H3,(H,25,26). The number of carboxylic acid groups (broad SMARTS) is 1. The quantitative estimate of drug-likeness (QED) is 0.500. The molecule has 0 bridgehead atoms. The van der Waals surface area contributed by atoms with Gasteiger partial charge in [-0.25, -0.2) is 0 Å². The lowest BCUT2D eigenvalue weighted by Crippen LogP contribution is -2.11. The van der Waals surface area contributed by atoms with Gasteiger partial charge in [0.2, 0.25) is 0 Å². The molecule has 3 aromatic carbocycles. The van der Waals surface area contributed by atoms with Gasteiger partial charge in [-0.1, -0.05) is 54.6 Å². The van der Waals surface area contributed by atoms with Crippen molar-refractivity contribution in [1.82, 2.24) is 0 Å². The van der Waals surface area contributed by atoms with E-state index in [0.29, 0.717) is 31.1 Å². The first-order chi connectivity index (χ1) is 14.2. The zero-order valence-corrected chi connectivity index (χ0v) is 16.3. The first-order valence-corrected chi connectivity index (χ1v) is 9.46. The number of benzene rings is 3. The third-order valence-electron chi connectivity index (χ3n) is 4.45. The van der Waals surface area contributed by atoms with E-state index in [0.717, 1.165) is 22.4 Å². The van der Waals surface area contributed by atoms with Crippen molar-refractivity contribution >= 4 is 5.97 Å². The summed E-state index contributed by atoms with van der Waals surface area (Å²) in [4.78, 5) is 10.9. The average Bonchev–Trinajstić information content (AvgIpc) is 2.76. The van der Waals surface area contributed by atoms with Crippen LogP contribution in [-0.4, -0.2) is 31.4 Å². The molecule has 0 spiro atoms. The molecule has 0 fully saturated rings. The number of hydrogen-bond donors (Lipinski definition) is 1. The fraction of sp³-hybridized carbons (Fsp3) is 0.208. The minimum atomic E-state index is -0.846. The van der Waals surface area contributed by atoms with E-state index in [-0.39, 0.29) is 6.42 Å². The van der Waals surface area contributed by atoms with E-state index in [1.54, 1.807) is 13.2 Å². The van der Waals surface area contributed by atoms with Gasteiger partial charge in [0.25, 0.3) is 0 Å². The minimum absolute atomic E-state index is 0.0355. The van der Waals surface area contributed by atoms with Gasteiger partial charge in [0.15, 0.2) is 11.5 Å². The predicted molar refractivity (Wildman–Crippen MR) is 112 cm³/mol. The lowest BCUT2D eigenvalue weighted by molar-refractivity contribution is -0.136. The Morgan fingerprint density at radius 1 is 0.828 bits per heavy atom. The highest BCUT2D eigenvalue weighted by atomic mass is 16.5. The van der Waals surface area contributed by atoms with E-state index >= 15 is 0 Å². The number of para-hydroxylation sites is 1. The summed E-state index contributed by atoms with van der Waals surface area (Å²) in [5.41, 5.74) is 3.10. The van der Waals surface area contributed by atoms with E-state index < -0.39 is 5.97 Å². The van der Waals surface area contributed by atoms with Crippen molar-refractivity contribution in [2.24, 2.45) is 0 Å². The number of methoxy groups -OCH3 is 1. The second-order valence-corrected chi connectivity index (χ2v) is 6.43. The van der Waals surface area contributed by atoms with E-state index in [4.69, 9.17) is 19.3 Å². The van der Waals surface area contributed by atoms with Gasteiger partial charge in [0, 0.05) is 6.42 Å². The van der Waals surface area contributed by atoms with Crippen molar-refractivity contribution in [3.8, 4) is 28.4 Å². The molecule has 0 saturated carbocycles. The number of hydrogen-bond acceptors (Lipinski definition) is 4. The Labute approximate surface area is 170 Å². The van der Waals surface area contributed by atoms with Crippen molar-refractivity contribution in [3.63, 3.8) is 0 Å². The van der Waals surface area contributed by atoms with E-state index in [9.17, 15) is 4.79 Å². The van der Waals surface area contributed by atoms with Crippen LogP contribution in [-0.2, 0) is 11.2 Å². The SMILES string of the molecule is COc1cccc(CCC(=O)O)c1OCCOc1ccc(-c2ccccc2)cc1. The smallest absolute Gasteiger partial charge is 0.303 e. The Morgan fingerprint density at radius 2 is 1.52 bits per heavy atom. The van der Waals surface area contributed by atoms with Crippen molar-refractivity contribution in [3.05, 3.63) is 78.4 Å². The summed E-state index contributed by atoms with van der Waals surface area (Å²) in [5.74, 6) is 1.07. The molecule has 5 heteroatoms. The molecular weight excluding hydrogens is 368 g/mol. The summed E-state index contributed by atoms with van der Waals surface area (Å²) < 4.78 is 17.0. The maximum Gasteiger partial charge on any atom is 0.303 e. The fourth-order valence-electron chi connectivity index (χ4n) is 3.00. The van der Waals surface area contributed by atoms with E-state index in [1.165, 1.54) is 0 Å². The van der Waals surface area contributed by atoms with Crippen LogP contribution in [0.3, 0.4) is 0 Å². The molecule has 0 radical (unpaired) electrons. The van der Waals surface area contributed by atoms with E-state index in [1.807, 2.05) is 54.6 Å². The molecule has 3 rings (SSSR count). The maximum atomic E-state index is 10.9. The van der Waals surface area contributed by atoms with Gasteiger partial charge >= 0.3 is 5.97 Å². The molecule has 0 amide bonds. The second-order valence-electron chi connectivity index (χ2n) is 6.43. The van der Waals surface area contributed by atoms with Gasteiger partial charge in [0.1, 0.15) is 19.0 Å². The lowest BCUT2D eigenvalue weighted by atomic mass is 10.1. The van der Waals surface area contributed by atoms with Gasteiger partial charge in [-0.05, 0) is 41.3 Å². The number of rotatable bonds is 10. The second kappa shape index (κ2) is 10.2. The molecule has 150 valence electrons. The Balaban J connectivity index is 1.55. The molecule has 0 unspecified atom stereocenters. The van der Waals surface area contributed by atoms with Gasteiger partial charge in [-0.2, -0.15) is 0 Å². The third kappa shape index (κ3) is 5.75. The fourth-order valence-corrected chi connectivity index (χ4v) is 3.00. The van der Waals surface area contributed by atoms with Crippen LogP contribution in [0.4, 0.5) is 0 Å². The highest BCUT2D eigenvalue weighted by molar-refractivity contribution is 5.67.